The van der Waals surface area contributed by atoms with Gasteiger partial charge in [0.25, 0.3) is 0 Å². The lowest BCUT2D eigenvalue weighted by atomic mass is 10.0. The van der Waals surface area contributed by atoms with Gasteiger partial charge >= 0.3 is 0 Å². The van der Waals surface area contributed by atoms with Gasteiger partial charge in [-0.25, -0.2) is 0 Å². The molecule has 1 heterocycles. The van der Waals surface area contributed by atoms with Crippen LogP contribution in [-0.2, 0) is 18.5 Å². The number of benzene rings is 1. The summed E-state index contributed by atoms with van der Waals surface area (Å²) in [6, 6.07) is 8.34. The molecule has 1 aromatic carbocycles. The third-order valence-corrected chi connectivity index (χ3v) is 4.07. The second-order valence-electron chi connectivity index (χ2n) is 5.30. The highest BCUT2D eigenvalue weighted by Crippen LogP contribution is 2.46. The van der Waals surface area contributed by atoms with Gasteiger partial charge in [-0.05, 0) is 37.0 Å². The predicted molar refractivity (Wildman–Crippen MR) is 76.6 cm³/mol. The highest BCUT2D eigenvalue weighted by molar-refractivity contribution is 5.35. The zero-order chi connectivity index (χ0) is 14.0. The van der Waals surface area contributed by atoms with E-state index in [1.807, 2.05) is 12.1 Å². The number of nitrogens with one attached hydrogen (secondary N) is 1. The molecule has 0 saturated heterocycles. The zero-order valence-corrected chi connectivity index (χ0v) is 12.0. The molecule has 4 heteroatoms. The highest BCUT2D eigenvalue weighted by Gasteiger charge is 2.43. The molecule has 20 heavy (non-hydrogen) atoms. The lowest BCUT2D eigenvalue weighted by Crippen LogP contribution is -2.28. The van der Waals surface area contributed by atoms with E-state index >= 15 is 0 Å². The van der Waals surface area contributed by atoms with Crippen LogP contribution in [0.25, 0.3) is 0 Å². The molecule has 106 valence electrons. The third kappa shape index (κ3) is 2.43. The van der Waals surface area contributed by atoms with Gasteiger partial charge in [0.15, 0.2) is 0 Å². The Morgan fingerprint density at radius 2 is 2.05 bits per heavy atom. The summed E-state index contributed by atoms with van der Waals surface area (Å²) in [5, 5.41) is 7.68. The van der Waals surface area contributed by atoms with Gasteiger partial charge in [-0.3, -0.25) is 0 Å². The fourth-order valence-corrected chi connectivity index (χ4v) is 2.58. The molecule has 0 unspecified atom stereocenters. The van der Waals surface area contributed by atoms with Gasteiger partial charge in [-0.15, -0.1) is 0 Å². The normalized spacial score (nSPS) is 16.1. The van der Waals surface area contributed by atoms with Crippen LogP contribution in [0.1, 0.15) is 36.6 Å². The first kappa shape index (κ1) is 13.2. The quantitative estimate of drug-likeness (QED) is 0.878. The lowest BCUT2D eigenvalue weighted by Gasteiger charge is -2.18. The summed E-state index contributed by atoms with van der Waals surface area (Å²) in [4.78, 5) is 0. The Morgan fingerprint density at radius 1 is 1.30 bits per heavy atom. The van der Waals surface area contributed by atoms with Gasteiger partial charge in [0.2, 0.25) is 0 Å². The van der Waals surface area contributed by atoms with Crippen LogP contribution >= 0.6 is 0 Å². The SMILES string of the molecule is CCc1nocc1CNC1(c2ccc(OC)cc2)CC1. The molecule has 2 aromatic rings. The van der Waals surface area contributed by atoms with Crippen molar-refractivity contribution in [2.45, 2.75) is 38.3 Å². The second kappa shape index (κ2) is 5.29. The van der Waals surface area contributed by atoms with E-state index in [1.165, 1.54) is 18.4 Å². The van der Waals surface area contributed by atoms with Crippen LogP contribution in [0.4, 0.5) is 0 Å². The Bertz CT molecular complexity index is 570. The summed E-state index contributed by atoms with van der Waals surface area (Å²) >= 11 is 0. The molecule has 0 bridgehead atoms. The van der Waals surface area contributed by atoms with Crippen molar-refractivity contribution >= 4 is 0 Å². The monoisotopic (exact) mass is 272 g/mol. The number of nitrogens with zero attached hydrogens (tertiary/aromatic N) is 1. The molecule has 0 amide bonds. The molecule has 0 atom stereocenters. The zero-order valence-electron chi connectivity index (χ0n) is 12.0. The summed E-state index contributed by atoms with van der Waals surface area (Å²) < 4.78 is 10.3. The topological polar surface area (TPSA) is 47.3 Å². The average molecular weight is 272 g/mol. The smallest absolute Gasteiger partial charge is 0.128 e. The molecule has 0 spiro atoms. The Kier molecular flexibility index (Phi) is 3.49. The largest absolute Gasteiger partial charge is 0.497 e. The van der Waals surface area contributed by atoms with Crippen LogP contribution in [-0.4, -0.2) is 12.3 Å². The number of hydrogen-bond donors (Lipinski definition) is 1. The van der Waals surface area contributed by atoms with Gasteiger partial charge in [0, 0.05) is 17.6 Å². The Labute approximate surface area is 119 Å². The number of ether oxygens (including phenoxy) is 1. The molecular weight excluding hydrogens is 252 g/mol. The maximum atomic E-state index is 5.21. The number of aryl methyl sites for hydroxylation is 1. The van der Waals surface area contributed by atoms with Crippen molar-refractivity contribution in [1.29, 1.82) is 0 Å². The molecule has 1 saturated carbocycles. The first-order valence-corrected chi connectivity index (χ1v) is 7.09. The van der Waals surface area contributed by atoms with Crippen molar-refractivity contribution in [3.63, 3.8) is 0 Å². The summed E-state index contributed by atoms with van der Waals surface area (Å²) in [5.74, 6) is 0.900. The molecule has 1 fully saturated rings. The minimum absolute atomic E-state index is 0.120. The van der Waals surface area contributed by atoms with E-state index in [0.29, 0.717) is 0 Å². The molecule has 1 aliphatic carbocycles. The molecule has 4 nitrogen and oxygen atoms in total. The number of methoxy groups -OCH3 is 1. The van der Waals surface area contributed by atoms with Crippen LogP contribution in [0, 0.1) is 0 Å². The van der Waals surface area contributed by atoms with Gasteiger partial charge < -0.3 is 14.6 Å². The number of aromatic nitrogens is 1. The molecule has 0 aliphatic heterocycles. The summed E-state index contributed by atoms with van der Waals surface area (Å²) in [5.41, 5.74) is 3.65. The minimum Gasteiger partial charge on any atom is -0.497 e. The molecule has 1 N–H and O–H groups in total. The maximum absolute atomic E-state index is 5.21. The van der Waals surface area contributed by atoms with Gasteiger partial charge in [0.1, 0.15) is 12.0 Å². The van der Waals surface area contributed by atoms with Crippen LogP contribution in [0.15, 0.2) is 35.1 Å². The van der Waals surface area contributed by atoms with Crippen LogP contribution in [0.5, 0.6) is 5.75 Å². The molecular formula is C16H20N2O2. The van der Waals surface area contributed by atoms with E-state index in [-0.39, 0.29) is 5.54 Å². The van der Waals surface area contributed by atoms with Crippen LogP contribution in [0.3, 0.4) is 0 Å². The molecule has 3 rings (SSSR count). The molecule has 0 radical (unpaired) electrons. The van der Waals surface area contributed by atoms with Crippen molar-refractivity contribution in [3.05, 3.63) is 47.3 Å². The Balaban J connectivity index is 1.69. The predicted octanol–water partition coefficient (Wildman–Crippen LogP) is 3.02. The summed E-state index contributed by atoms with van der Waals surface area (Å²) in [6.07, 6.45) is 5.00. The fraction of sp³-hybridized carbons (Fsp3) is 0.438. The van der Waals surface area contributed by atoms with Gasteiger partial charge in [-0.2, -0.15) is 0 Å². The van der Waals surface area contributed by atoms with Crippen molar-refractivity contribution in [2.75, 3.05) is 7.11 Å². The summed E-state index contributed by atoms with van der Waals surface area (Å²) in [7, 11) is 1.69. The average Bonchev–Trinajstić information content (AvgIpc) is 3.16. The Morgan fingerprint density at radius 3 is 2.65 bits per heavy atom. The highest BCUT2D eigenvalue weighted by atomic mass is 16.5. The van der Waals surface area contributed by atoms with E-state index < -0.39 is 0 Å². The third-order valence-electron chi connectivity index (χ3n) is 4.07. The van der Waals surface area contributed by atoms with Crippen LogP contribution < -0.4 is 10.1 Å². The van der Waals surface area contributed by atoms with Gasteiger partial charge in [0.05, 0.1) is 12.8 Å². The van der Waals surface area contributed by atoms with Crippen molar-refractivity contribution < 1.29 is 9.26 Å². The van der Waals surface area contributed by atoms with Crippen molar-refractivity contribution in [1.82, 2.24) is 10.5 Å². The van der Waals surface area contributed by atoms with E-state index in [0.717, 1.165) is 30.0 Å². The van der Waals surface area contributed by atoms with Crippen LogP contribution in [0.2, 0.25) is 0 Å². The first-order chi connectivity index (χ1) is 9.77. The maximum Gasteiger partial charge on any atom is 0.128 e. The summed E-state index contributed by atoms with van der Waals surface area (Å²) in [6.45, 7) is 2.90. The van der Waals surface area contributed by atoms with Crippen molar-refractivity contribution in [2.24, 2.45) is 0 Å². The van der Waals surface area contributed by atoms with Gasteiger partial charge in [-0.1, -0.05) is 24.2 Å². The van der Waals surface area contributed by atoms with E-state index in [4.69, 9.17) is 9.26 Å². The standard InChI is InChI=1S/C16H20N2O2/c1-3-15-12(11-20-18-15)10-17-16(8-9-16)13-4-6-14(19-2)7-5-13/h4-7,11,17H,3,8-10H2,1-2H3. The minimum atomic E-state index is 0.120. The van der Waals surface area contributed by atoms with E-state index in [2.05, 4.69) is 29.5 Å². The van der Waals surface area contributed by atoms with E-state index in [9.17, 15) is 0 Å². The number of rotatable bonds is 6. The lowest BCUT2D eigenvalue weighted by molar-refractivity contribution is 0.411. The number of hydrogen-bond acceptors (Lipinski definition) is 4. The van der Waals surface area contributed by atoms with Crippen molar-refractivity contribution in [3.8, 4) is 5.75 Å². The molecule has 1 aromatic heterocycles. The fourth-order valence-electron chi connectivity index (χ4n) is 2.58. The first-order valence-electron chi connectivity index (χ1n) is 7.09. The van der Waals surface area contributed by atoms with E-state index in [1.54, 1.807) is 13.4 Å². The molecule has 1 aliphatic rings. The second-order valence-corrected chi connectivity index (χ2v) is 5.30. The Hall–Kier alpha value is -1.81.